The molecule has 0 saturated carbocycles. The van der Waals surface area contributed by atoms with Crippen LogP contribution in [0.3, 0.4) is 0 Å². The number of hydrogen-bond acceptors (Lipinski definition) is 1. The standard InChI is InChI=1S/C24H27OP.C12H10/c1-15-7-13-23(19(5)17(15)3)26(22-11-9-21(25)10-12-22)24-14-8-16(2)18(4)20(24)6;1-3-7-11(8-4-1)12-9-5-2-6-10-12/h7-14,25H,1-6H3;1-10H. The molecule has 0 bridgehead atoms. The van der Waals surface area contributed by atoms with Crippen molar-refractivity contribution in [1.29, 1.82) is 0 Å². The van der Waals surface area contributed by atoms with Gasteiger partial charge in [0.25, 0.3) is 0 Å². The van der Waals surface area contributed by atoms with E-state index in [1.54, 1.807) is 12.1 Å². The van der Waals surface area contributed by atoms with Gasteiger partial charge in [-0.1, -0.05) is 97.1 Å². The Morgan fingerprint density at radius 2 is 0.816 bits per heavy atom. The number of aromatic hydroxyl groups is 1. The molecule has 0 aliphatic heterocycles. The number of rotatable bonds is 4. The minimum atomic E-state index is -0.668. The Kier molecular flexibility index (Phi) is 8.82. The summed E-state index contributed by atoms with van der Waals surface area (Å²) in [5.74, 6) is 0.317. The molecule has 38 heavy (non-hydrogen) atoms. The fourth-order valence-corrected chi connectivity index (χ4v) is 7.36. The minimum absolute atomic E-state index is 0.317. The summed E-state index contributed by atoms with van der Waals surface area (Å²) in [5, 5.41) is 13.8. The van der Waals surface area contributed by atoms with E-state index in [1.807, 2.05) is 12.1 Å². The van der Waals surface area contributed by atoms with Crippen molar-refractivity contribution in [3.05, 3.63) is 143 Å². The second-order valence-corrected chi connectivity index (χ2v) is 12.0. The van der Waals surface area contributed by atoms with Crippen LogP contribution in [0.15, 0.2) is 109 Å². The van der Waals surface area contributed by atoms with E-state index in [-0.39, 0.29) is 0 Å². The Morgan fingerprint density at radius 3 is 1.21 bits per heavy atom. The zero-order valence-corrected chi connectivity index (χ0v) is 24.2. The van der Waals surface area contributed by atoms with Crippen molar-refractivity contribution in [1.82, 2.24) is 0 Å². The van der Waals surface area contributed by atoms with E-state index < -0.39 is 7.92 Å². The lowest BCUT2D eigenvalue weighted by atomic mass is 10.0. The third-order valence-electron chi connectivity index (χ3n) is 7.53. The van der Waals surface area contributed by atoms with Crippen LogP contribution in [0, 0.1) is 41.5 Å². The van der Waals surface area contributed by atoms with E-state index in [1.165, 1.54) is 60.4 Å². The van der Waals surface area contributed by atoms with Crippen molar-refractivity contribution in [3.8, 4) is 16.9 Å². The summed E-state index contributed by atoms with van der Waals surface area (Å²) in [7, 11) is -0.668. The maximum atomic E-state index is 9.76. The molecule has 2 heteroatoms. The zero-order chi connectivity index (χ0) is 27.2. The first-order valence-electron chi connectivity index (χ1n) is 13.1. The van der Waals surface area contributed by atoms with Crippen molar-refractivity contribution >= 4 is 23.8 Å². The lowest BCUT2D eigenvalue weighted by Gasteiger charge is -2.25. The minimum Gasteiger partial charge on any atom is -0.508 e. The van der Waals surface area contributed by atoms with E-state index in [2.05, 4.69) is 126 Å². The summed E-state index contributed by atoms with van der Waals surface area (Å²) >= 11 is 0. The third kappa shape index (κ3) is 6.07. The Bertz CT molecular complexity index is 1410. The van der Waals surface area contributed by atoms with Crippen LogP contribution in [-0.2, 0) is 0 Å². The normalized spacial score (nSPS) is 10.7. The summed E-state index contributed by atoms with van der Waals surface area (Å²) in [6, 6.07) is 37.6. The smallest absolute Gasteiger partial charge is 0.115 e. The number of phenolic OH excluding ortho intramolecular Hbond substituents is 1. The lowest BCUT2D eigenvalue weighted by molar-refractivity contribution is 0.475. The number of hydrogen-bond donors (Lipinski definition) is 1. The zero-order valence-electron chi connectivity index (χ0n) is 23.3. The van der Waals surface area contributed by atoms with E-state index in [9.17, 15) is 5.11 Å². The van der Waals surface area contributed by atoms with E-state index in [0.717, 1.165) is 0 Å². The first-order valence-corrected chi connectivity index (χ1v) is 14.5. The molecule has 0 heterocycles. The van der Waals surface area contributed by atoms with E-state index in [0.29, 0.717) is 5.75 Å². The van der Waals surface area contributed by atoms with Crippen LogP contribution in [0.4, 0.5) is 0 Å². The topological polar surface area (TPSA) is 20.2 Å². The summed E-state index contributed by atoms with van der Waals surface area (Å²) < 4.78 is 0. The molecule has 0 amide bonds. The van der Waals surface area contributed by atoms with Gasteiger partial charge in [-0.05, 0) is 122 Å². The molecule has 5 rings (SSSR count). The molecule has 0 spiro atoms. The molecule has 0 aliphatic rings. The van der Waals surface area contributed by atoms with Crippen molar-refractivity contribution < 1.29 is 5.11 Å². The SMILES string of the molecule is Cc1ccc(P(c2ccc(O)cc2)c2ccc(C)c(C)c2C)c(C)c1C.c1ccc(-c2ccccc2)cc1. The van der Waals surface area contributed by atoms with Crippen molar-refractivity contribution in [2.75, 3.05) is 0 Å². The largest absolute Gasteiger partial charge is 0.508 e. The van der Waals surface area contributed by atoms with Crippen LogP contribution >= 0.6 is 7.92 Å². The average Bonchev–Trinajstić information content (AvgIpc) is 2.95. The van der Waals surface area contributed by atoms with Crippen LogP contribution in [0.2, 0.25) is 0 Å². The van der Waals surface area contributed by atoms with Crippen LogP contribution in [0.5, 0.6) is 5.75 Å². The highest BCUT2D eigenvalue weighted by Gasteiger charge is 2.22. The number of aryl methyl sites for hydroxylation is 2. The van der Waals surface area contributed by atoms with Gasteiger partial charge in [0.1, 0.15) is 5.75 Å². The Morgan fingerprint density at radius 1 is 0.421 bits per heavy atom. The summed E-state index contributed by atoms with van der Waals surface area (Å²) in [6.45, 7) is 13.3. The van der Waals surface area contributed by atoms with Crippen molar-refractivity contribution in [3.63, 3.8) is 0 Å². The van der Waals surface area contributed by atoms with Gasteiger partial charge in [-0.2, -0.15) is 0 Å². The van der Waals surface area contributed by atoms with Gasteiger partial charge in [0.05, 0.1) is 0 Å². The van der Waals surface area contributed by atoms with Gasteiger partial charge in [0.15, 0.2) is 0 Å². The van der Waals surface area contributed by atoms with Gasteiger partial charge in [-0.3, -0.25) is 0 Å². The first kappa shape index (κ1) is 27.4. The molecule has 0 aliphatic carbocycles. The Labute approximate surface area is 229 Å². The third-order valence-corrected chi connectivity index (χ3v) is 10.3. The average molecular weight is 517 g/mol. The fourth-order valence-electron chi connectivity index (χ4n) is 4.64. The Balaban J connectivity index is 0.000000232. The molecule has 0 fully saturated rings. The van der Waals surface area contributed by atoms with Crippen LogP contribution in [-0.4, -0.2) is 5.11 Å². The van der Waals surface area contributed by atoms with Crippen molar-refractivity contribution in [2.24, 2.45) is 0 Å². The summed E-state index contributed by atoms with van der Waals surface area (Å²) in [4.78, 5) is 0. The Hall–Kier alpha value is -3.67. The van der Waals surface area contributed by atoms with Gasteiger partial charge >= 0.3 is 0 Å². The summed E-state index contributed by atoms with van der Waals surface area (Å²) in [6.07, 6.45) is 0. The van der Waals surface area contributed by atoms with Gasteiger partial charge < -0.3 is 5.11 Å². The van der Waals surface area contributed by atoms with Gasteiger partial charge in [-0.25, -0.2) is 0 Å². The van der Waals surface area contributed by atoms with Gasteiger partial charge in [0.2, 0.25) is 0 Å². The molecule has 0 saturated heterocycles. The maximum Gasteiger partial charge on any atom is 0.115 e. The molecule has 0 aromatic heterocycles. The highest BCUT2D eigenvalue weighted by atomic mass is 31.1. The number of benzene rings is 5. The van der Waals surface area contributed by atoms with Crippen LogP contribution in [0.25, 0.3) is 11.1 Å². The van der Waals surface area contributed by atoms with Gasteiger partial charge in [0, 0.05) is 0 Å². The fraction of sp³-hybridized carbons (Fsp3) is 0.167. The molecule has 0 radical (unpaired) electrons. The number of phenols is 1. The second kappa shape index (κ2) is 12.2. The highest BCUT2D eigenvalue weighted by Crippen LogP contribution is 2.37. The second-order valence-electron chi connectivity index (χ2n) is 9.89. The molecule has 0 unspecified atom stereocenters. The molecule has 1 nitrogen and oxygen atoms in total. The monoisotopic (exact) mass is 516 g/mol. The van der Waals surface area contributed by atoms with Gasteiger partial charge in [-0.15, -0.1) is 0 Å². The van der Waals surface area contributed by atoms with E-state index >= 15 is 0 Å². The molecule has 192 valence electrons. The highest BCUT2D eigenvalue weighted by molar-refractivity contribution is 7.80. The summed E-state index contributed by atoms with van der Waals surface area (Å²) in [5.41, 5.74) is 10.7. The molecule has 5 aromatic carbocycles. The molecular formula is C36H37OP. The molecule has 1 N–H and O–H groups in total. The lowest BCUT2D eigenvalue weighted by Crippen LogP contribution is -2.25. The van der Waals surface area contributed by atoms with Crippen LogP contribution in [0.1, 0.15) is 33.4 Å². The molecule has 0 atom stereocenters. The maximum absolute atomic E-state index is 9.76. The predicted octanol–water partition coefficient (Wildman–Crippen LogP) is 8.35. The van der Waals surface area contributed by atoms with E-state index in [4.69, 9.17) is 0 Å². The first-order chi connectivity index (χ1) is 18.3. The van der Waals surface area contributed by atoms with Crippen LogP contribution < -0.4 is 15.9 Å². The quantitative estimate of drug-likeness (QED) is 0.238. The molecular weight excluding hydrogens is 479 g/mol. The predicted molar refractivity (Wildman–Crippen MR) is 167 cm³/mol. The molecule has 5 aromatic rings. The van der Waals surface area contributed by atoms with Crippen molar-refractivity contribution in [2.45, 2.75) is 41.5 Å².